The summed E-state index contributed by atoms with van der Waals surface area (Å²) in [7, 11) is 0. The number of pyridine rings is 1. The first-order chi connectivity index (χ1) is 10.1. The molecule has 0 aliphatic rings. The highest BCUT2D eigenvalue weighted by Gasteiger charge is 2.06. The maximum Gasteiger partial charge on any atom is 0.325 e. The number of nitrogens with zero attached hydrogens (tertiary/aromatic N) is 4. The van der Waals surface area contributed by atoms with Gasteiger partial charge in [-0.15, -0.1) is 5.10 Å². The molecule has 0 aliphatic carbocycles. The van der Waals surface area contributed by atoms with Gasteiger partial charge in [0.25, 0.3) is 0 Å². The molecule has 0 atom stereocenters. The van der Waals surface area contributed by atoms with E-state index in [-0.39, 0.29) is 19.0 Å². The molecule has 8 nitrogen and oxygen atoms in total. The molecule has 2 N–H and O–H groups in total. The first-order valence-corrected chi connectivity index (χ1v) is 6.40. The summed E-state index contributed by atoms with van der Waals surface area (Å²) in [4.78, 5) is 26.2. The first-order valence-electron chi connectivity index (χ1n) is 6.40. The van der Waals surface area contributed by atoms with E-state index in [2.05, 4.69) is 20.6 Å². The zero-order valence-electron chi connectivity index (χ0n) is 11.3. The van der Waals surface area contributed by atoms with Crippen LogP contribution >= 0.6 is 0 Å². The summed E-state index contributed by atoms with van der Waals surface area (Å²) in [5.41, 5.74) is 1.52. The van der Waals surface area contributed by atoms with Gasteiger partial charge >= 0.3 is 5.97 Å². The van der Waals surface area contributed by atoms with Gasteiger partial charge in [0.15, 0.2) is 0 Å². The molecule has 8 heteroatoms. The average Bonchev–Trinajstić information content (AvgIpc) is 2.91. The molecule has 0 radical (unpaired) electrons. The molecule has 0 saturated carbocycles. The first kappa shape index (κ1) is 14.6. The fraction of sp³-hybridized carbons (Fsp3) is 0.308. The number of nitrogens with one attached hydrogen (secondary N) is 1. The summed E-state index contributed by atoms with van der Waals surface area (Å²) >= 11 is 0. The molecule has 1 amide bonds. The molecule has 0 saturated heterocycles. The number of carbonyl (C=O) groups is 2. The Kier molecular flexibility index (Phi) is 4.97. The van der Waals surface area contributed by atoms with Crippen LogP contribution in [0.3, 0.4) is 0 Å². The smallest absolute Gasteiger partial charge is 0.325 e. The number of carbonyl (C=O) groups excluding carboxylic acids is 1. The van der Waals surface area contributed by atoms with E-state index >= 15 is 0 Å². The van der Waals surface area contributed by atoms with Gasteiger partial charge in [0.1, 0.15) is 12.2 Å². The van der Waals surface area contributed by atoms with E-state index in [0.717, 1.165) is 5.56 Å². The van der Waals surface area contributed by atoms with E-state index < -0.39 is 5.97 Å². The van der Waals surface area contributed by atoms with Crippen molar-refractivity contribution in [1.82, 2.24) is 25.3 Å². The Morgan fingerprint density at radius 1 is 1.38 bits per heavy atom. The van der Waals surface area contributed by atoms with Crippen LogP contribution in [-0.2, 0) is 29.1 Å². The number of aliphatic carboxylic acids is 1. The summed E-state index contributed by atoms with van der Waals surface area (Å²) in [5, 5.41) is 18.8. The molecular formula is C13H15N5O3. The molecule has 0 aromatic carbocycles. The Labute approximate surface area is 120 Å². The van der Waals surface area contributed by atoms with Crippen LogP contribution in [-0.4, -0.2) is 37.0 Å². The van der Waals surface area contributed by atoms with Gasteiger partial charge in [-0.1, -0.05) is 11.3 Å². The minimum atomic E-state index is -0.994. The lowest BCUT2D eigenvalue weighted by molar-refractivity contribution is -0.138. The largest absolute Gasteiger partial charge is 0.480 e. The molecule has 21 heavy (non-hydrogen) atoms. The van der Waals surface area contributed by atoms with Crippen molar-refractivity contribution in [3.8, 4) is 0 Å². The molecule has 2 rings (SSSR count). The Balaban J connectivity index is 1.73. The average molecular weight is 289 g/mol. The highest BCUT2D eigenvalue weighted by Crippen LogP contribution is 2.00. The van der Waals surface area contributed by atoms with Crippen molar-refractivity contribution in [2.24, 2.45) is 0 Å². The van der Waals surface area contributed by atoms with Gasteiger partial charge < -0.3 is 10.4 Å². The second-order valence-corrected chi connectivity index (χ2v) is 4.44. The number of aryl methyl sites for hydroxylation is 1. The van der Waals surface area contributed by atoms with Crippen molar-refractivity contribution in [2.45, 2.75) is 25.9 Å². The number of amides is 1. The van der Waals surface area contributed by atoms with Crippen LogP contribution in [0.1, 0.15) is 17.7 Å². The van der Waals surface area contributed by atoms with Gasteiger partial charge in [-0.05, 0) is 18.1 Å². The third-order valence-corrected chi connectivity index (χ3v) is 2.71. The Hall–Kier alpha value is -2.77. The maximum absolute atomic E-state index is 11.7. The summed E-state index contributed by atoms with van der Waals surface area (Å²) in [6.45, 7) is -0.0204. The number of hydrogen-bond acceptors (Lipinski definition) is 5. The summed E-state index contributed by atoms with van der Waals surface area (Å²) in [6, 6.07) is 3.74. The van der Waals surface area contributed by atoms with Crippen molar-refractivity contribution in [3.63, 3.8) is 0 Å². The van der Waals surface area contributed by atoms with Gasteiger partial charge in [-0.2, -0.15) is 0 Å². The van der Waals surface area contributed by atoms with E-state index in [1.54, 1.807) is 12.4 Å². The number of rotatable bonds is 7. The predicted molar refractivity (Wildman–Crippen MR) is 72.1 cm³/mol. The van der Waals surface area contributed by atoms with Crippen LogP contribution < -0.4 is 5.32 Å². The highest BCUT2D eigenvalue weighted by atomic mass is 16.4. The van der Waals surface area contributed by atoms with Gasteiger partial charge in [0.2, 0.25) is 5.91 Å². The SMILES string of the molecule is O=C(O)Cn1cc(CNC(=O)CCc2cccnc2)nn1. The van der Waals surface area contributed by atoms with Crippen LogP contribution in [0.25, 0.3) is 0 Å². The Bertz CT molecular complexity index is 611. The zero-order valence-corrected chi connectivity index (χ0v) is 11.3. The van der Waals surface area contributed by atoms with Crippen molar-refractivity contribution < 1.29 is 14.7 Å². The molecular weight excluding hydrogens is 274 g/mol. The lowest BCUT2D eigenvalue weighted by Crippen LogP contribution is -2.23. The minimum absolute atomic E-state index is 0.105. The lowest BCUT2D eigenvalue weighted by Gasteiger charge is -2.02. The molecule has 0 bridgehead atoms. The van der Waals surface area contributed by atoms with Crippen LogP contribution in [0.15, 0.2) is 30.7 Å². The molecule has 0 fully saturated rings. The van der Waals surface area contributed by atoms with Crippen LogP contribution in [0.4, 0.5) is 0 Å². The monoisotopic (exact) mass is 289 g/mol. The van der Waals surface area contributed by atoms with Gasteiger partial charge in [-0.3, -0.25) is 14.6 Å². The van der Waals surface area contributed by atoms with Gasteiger partial charge in [0, 0.05) is 18.8 Å². The molecule has 0 unspecified atom stereocenters. The number of hydrogen-bond donors (Lipinski definition) is 2. The standard InChI is InChI=1S/C13H15N5O3/c19-12(4-3-10-2-1-5-14-6-10)15-7-11-8-18(17-16-11)9-13(20)21/h1-2,5-6,8H,3-4,7,9H2,(H,15,19)(H,20,21). The van der Waals surface area contributed by atoms with Crippen molar-refractivity contribution >= 4 is 11.9 Å². The lowest BCUT2D eigenvalue weighted by atomic mass is 10.1. The quantitative estimate of drug-likeness (QED) is 0.742. The van der Waals surface area contributed by atoms with Crippen LogP contribution in [0, 0.1) is 0 Å². The summed E-state index contributed by atoms with van der Waals surface area (Å²) < 4.78 is 1.21. The molecule has 0 aliphatic heterocycles. The van der Waals surface area contributed by atoms with Crippen molar-refractivity contribution in [2.75, 3.05) is 0 Å². The molecule has 2 heterocycles. The van der Waals surface area contributed by atoms with E-state index in [9.17, 15) is 9.59 Å². The van der Waals surface area contributed by atoms with E-state index in [1.807, 2.05) is 12.1 Å². The van der Waals surface area contributed by atoms with Crippen LogP contribution in [0.5, 0.6) is 0 Å². The molecule has 2 aromatic heterocycles. The fourth-order valence-corrected chi connectivity index (χ4v) is 1.72. The fourth-order valence-electron chi connectivity index (χ4n) is 1.72. The van der Waals surface area contributed by atoms with E-state index in [0.29, 0.717) is 18.5 Å². The minimum Gasteiger partial charge on any atom is -0.480 e. The number of carboxylic acid groups (broad SMARTS) is 1. The van der Waals surface area contributed by atoms with E-state index in [4.69, 9.17) is 5.11 Å². The second-order valence-electron chi connectivity index (χ2n) is 4.44. The van der Waals surface area contributed by atoms with Gasteiger partial charge in [0.05, 0.1) is 12.7 Å². The summed E-state index contributed by atoms with van der Waals surface area (Å²) in [6.07, 6.45) is 5.88. The van der Waals surface area contributed by atoms with Crippen molar-refractivity contribution in [1.29, 1.82) is 0 Å². The predicted octanol–water partition coefficient (Wildman–Crippen LogP) is 0.00670. The van der Waals surface area contributed by atoms with Crippen LogP contribution in [0.2, 0.25) is 0 Å². The van der Waals surface area contributed by atoms with E-state index in [1.165, 1.54) is 10.9 Å². The Morgan fingerprint density at radius 2 is 2.24 bits per heavy atom. The maximum atomic E-state index is 11.7. The molecule has 0 spiro atoms. The second kappa shape index (κ2) is 7.13. The highest BCUT2D eigenvalue weighted by molar-refractivity contribution is 5.76. The number of carboxylic acids is 1. The topological polar surface area (TPSA) is 110 Å². The molecule has 110 valence electrons. The number of aromatic nitrogens is 4. The molecule has 2 aromatic rings. The third-order valence-electron chi connectivity index (χ3n) is 2.71. The van der Waals surface area contributed by atoms with Crippen molar-refractivity contribution in [3.05, 3.63) is 42.0 Å². The van der Waals surface area contributed by atoms with Gasteiger partial charge in [-0.25, -0.2) is 4.68 Å². The normalized spacial score (nSPS) is 10.3. The zero-order chi connectivity index (χ0) is 15.1. The Morgan fingerprint density at radius 3 is 2.95 bits per heavy atom. The third kappa shape index (κ3) is 5.01. The summed E-state index contributed by atoms with van der Waals surface area (Å²) in [5.74, 6) is -1.10.